The third-order valence-electron chi connectivity index (χ3n) is 3.23. The monoisotopic (exact) mass is 315 g/mol. The van der Waals surface area contributed by atoms with Gasteiger partial charge in [-0.15, -0.1) is 0 Å². The van der Waals surface area contributed by atoms with Crippen LogP contribution in [0.2, 0.25) is 0 Å². The number of hydrogen-bond donors (Lipinski definition) is 1. The van der Waals surface area contributed by atoms with Gasteiger partial charge in [0.2, 0.25) is 10.0 Å². The lowest BCUT2D eigenvalue weighted by atomic mass is 10.2. The molecular formula is C13H17NO6S. The molecule has 1 heterocycles. The van der Waals surface area contributed by atoms with Crippen LogP contribution in [0.15, 0.2) is 29.2 Å². The molecule has 1 unspecified atom stereocenters. The Morgan fingerprint density at radius 3 is 2.95 bits per heavy atom. The summed E-state index contributed by atoms with van der Waals surface area (Å²) in [5.41, 5.74) is 0. The fourth-order valence-electron chi connectivity index (χ4n) is 2.22. The molecule has 0 aromatic heterocycles. The minimum Gasteiger partial charge on any atom is -0.497 e. The molecule has 0 aliphatic carbocycles. The summed E-state index contributed by atoms with van der Waals surface area (Å²) in [6, 6.07) is 5.41. The molecule has 1 aromatic rings. The van der Waals surface area contributed by atoms with E-state index in [4.69, 9.17) is 14.6 Å². The van der Waals surface area contributed by atoms with E-state index in [1.54, 1.807) is 12.1 Å². The van der Waals surface area contributed by atoms with Gasteiger partial charge in [0.1, 0.15) is 5.75 Å². The van der Waals surface area contributed by atoms with Crippen molar-refractivity contribution in [3.05, 3.63) is 24.3 Å². The third kappa shape index (κ3) is 3.52. The second kappa shape index (κ2) is 6.42. The number of methoxy groups -OCH3 is 1. The average Bonchev–Trinajstić information content (AvgIpc) is 2.47. The number of carboxylic acid groups (broad SMARTS) is 1. The molecule has 1 aliphatic rings. The molecule has 1 atom stereocenters. The van der Waals surface area contributed by atoms with Crippen LogP contribution >= 0.6 is 0 Å². The summed E-state index contributed by atoms with van der Waals surface area (Å²) >= 11 is 0. The van der Waals surface area contributed by atoms with Crippen LogP contribution in [0, 0.1) is 0 Å². The molecule has 0 bridgehead atoms. The van der Waals surface area contributed by atoms with E-state index in [2.05, 4.69) is 0 Å². The van der Waals surface area contributed by atoms with Crippen LogP contribution in [0.3, 0.4) is 0 Å². The van der Waals surface area contributed by atoms with Crippen molar-refractivity contribution in [1.82, 2.24) is 4.31 Å². The molecule has 2 rings (SSSR count). The summed E-state index contributed by atoms with van der Waals surface area (Å²) in [5.74, 6) is -0.629. The van der Waals surface area contributed by atoms with Crippen molar-refractivity contribution in [2.45, 2.75) is 17.4 Å². The lowest BCUT2D eigenvalue weighted by molar-refractivity contribution is -0.139. The van der Waals surface area contributed by atoms with Crippen molar-refractivity contribution >= 4 is 16.0 Å². The molecule has 1 aliphatic heterocycles. The number of benzene rings is 1. The van der Waals surface area contributed by atoms with E-state index >= 15 is 0 Å². The molecule has 1 N–H and O–H groups in total. The summed E-state index contributed by atoms with van der Waals surface area (Å²) in [5, 5.41) is 8.90. The lowest BCUT2D eigenvalue weighted by Gasteiger charge is -2.33. The standard InChI is InChI=1S/C13H17NO6S/c1-19-11-3-2-4-12(8-11)21(17,18)14-5-6-20-9-10(14)7-13(15)16/h2-4,8,10H,5-7,9H2,1H3,(H,15,16). The molecule has 1 aromatic carbocycles. The van der Waals surface area contributed by atoms with Gasteiger partial charge in [-0.05, 0) is 12.1 Å². The summed E-state index contributed by atoms with van der Waals surface area (Å²) in [7, 11) is -2.33. The van der Waals surface area contributed by atoms with E-state index < -0.39 is 22.0 Å². The maximum atomic E-state index is 12.7. The Hall–Kier alpha value is -1.64. The van der Waals surface area contributed by atoms with Gasteiger partial charge in [-0.2, -0.15) is 4.31 Å². The number of ether oxygens (including phenoxy) is 2. The Balaban J connectivity index is 2.33. The van der Waals surface area contributed by atoms with Crippen molar-refractivity contribution in [3.63, 3.8) is 0 Å². The number of rotatable bonds is 5. The summed E-state index contributed by atoms with van der Waals surface area (Å²) in [6.07, 6.45) is -0.288. The fraction of sp³-hybridized carbons (Fsp3) is 0.462. The zero-order valence-electron chi connectivity index (χ0n) is 11.6. The summed E-state index contributed by atoms with van der Waals surface area (Å²) < 4.78 is 36.8. The fourth-order valence-corrected chi connectivity index (χ4v) is 3.84. The second-order valence-electron chi connectivity index (χ2n) is 4.62. The van der Waals surface area contributed by atoms with Crippen LogP contribution in [0.4, 0.5) is 0 Å². The smallest absolute Gasteiger partial charge is 0.305 e. The first-order valence-corrected chi connectivity index (χ1v) is 7.84. The van der Waals surface area contributed by atoms with Gasteiger partial charge in [0.05, 0.1) is 37.7 Å². The minimum absolute atomic E-state index is 0.0789. The quantitative estimate of drug-likeness (QED) is 0.853. The number of aliphatic carboxylic acids is 1. The molecule has 7 nitrogen and oxygen atoms in total. The normalized spacial score (nSPS) is 20.1. The highest BCUT2D eigenvalue weighted by Crippen LogP contribution is 2.24. The summed E-state index contributed by atoms with van der Waals surface area (Å²) in [4.78, 5) is 11.0. The highest BCUT2D eigenvalue weighted by molar-refractivity contribution is 7.89. The number of sulfonamides is 1. The SMILES string of the molecule is COc1cccc(S(=O)(=O)N2CCOCC2CC(=O)O)c1. The predicted molar refractivity (Wildman–Crippen MR) is 73.7 cm³/mol. The first-order valence-electron chi connectivity index (χ1n) is 6.40. The average molecular weight is 315 g/mol. The Labute approximate surface area is 123 Å². The van der Waals surface area contributed by atoms with Gasteiger partial charge in [-0.1, -0.05) is 6.07 Å². The molecule has 1 saturated heterocycles. The Kier molecular flexibility index (Phi) is 4.81. The minimum atomic E-state index is -3.78. The lowest BCUT2D eigenvalue weighted by Crippen LogP contribution is -2.49. The van der Waals surface area contributed by atoms with Crippen LogP contribution < -0.4 is 4.74 Å². The third-order valence-corrected chi connectivity index (χ3v) is 5.18. The second-order valence-corrected chi connectivity index (χ2v) is 6.51. The molecule has 1 fully saturated rings. The maximum Gasteiger partial charge on any atom is 0.305 e. The van der Waals surface area contributed by atoms with Gasteiger partial charge in [0.25, 0.3) is 0 Å². The topological polar surface area (TPSA) is 93.1 Å². The largest absolute Gasteiger partial charge is 0.497 e. The van der Waals surface area contributed by atoms with E-state index in [1.165, 1.54) is 23.5 Å². The Morgan fingerprint density at radius 1 is 1.52 bits per heavy atom. The van der Waals surface area contributed by atoms with Gasteiger partial charge in [-0.3, -0.25) is 4.79 Å². The van der Waals surface area contributed by atoms with Gasteiger partial charge in [0.15, 0.2) is 0 Å². The van der Waals surface area contributed by atoms with Gasteiger partial charge in [-0.25, -0.2) is 8.42 Å². The van der Waals surface area contributed by atoms with Crippen molar-refractivity contribution in [2.24, 2.45) is 0 Å². The molecule has 116 valence electrons. The zero-order valence-corrected chi connectivity index (χ0v) is 12.4. The Morgan fingerprint density at radius 2 is 2.29 bits per heavy atom. The highest BCUT2D eigenvalue weighted by atomic mass is 32.2. The first kappa shape index (κ1) is 15.7. The molecule has 8 heteroatoms. The van der Waals surface area contributed by atoms with Crippen molar-refractivity contribution in [1.29, 1.82) is 0 Å². The van der Waals surface area contributed by atoms with Gasteiger partial charge in [0, 0.05) is 12.6 Å². The molecule has 0 amide bonds. The van der Waals surface area contributed by atoms with Crippen LogP contribution in [0.25, 0.3) is 0 Å². The van der Waals surface area contributed by atoms with E-state index in [0.717, 1.165) is 0 Å². The van der Waals surface area contributed by atoms with Crippen LogP contribution in [0.5, 0.6) is 5.75 Å². The van der Waals surface area contributed by atoms with E-state index in [-0.39, 0.29) is 31.1 Å². The van der Waals surface area contributed by atoms with Gasteiger partial charge >= 0.3 is 5.97 Å². The number of hydrogen-bond acceptors (Lipinski definition) is 5. The Bertz CT molecular complexity index is 615. The van der Waals surface area contributed by atoms with E-state index in [0.29, 0.717) is 5.75 Å². The summed E-state index contributed by atoms with van der Waals surface area (Å²) in [6.45, 7) is 0.465. The molecule has 21 heavy (non-hydrogen) atoms. The van der Waals surface area contributed by atoms with E-state index in [9.17, 15) is 13.2 Å². The van der Waals surface area contributed by atoms with Gasteiger partial charge < -0.3 is 14.6 Å². The molecular weight excluding hydrogens is 298 g/mol. The van der Waals surface area contributed by atoms with Crippen LogP contribution in [-0.4, -0.2) is 56.7 Å². The van der Waals surface area contributed by atoms with Crippen LogP contribution in [-0.2, 0) is 19.6 Å². The van der Waals surface area contributed by atoms with Crippen molar-refractivity contribution in [2.75, 3.05) is 26.9 Å². The highest BCUT2D eigenvalue weighted by Gasteiger charge is 2.35. The molecule has 0 spiro atoms. The number of carbonyl (C=O) groups is 1. The first-order chi connectivity index (χ1) is 9.95. The number of nitrogens with zero attached hydrogens (tertiary/aromatic N) is 1. The zero-order chi connectivity index (χ0) is 15.5. The predicted octanol–water partition coefficient (Wildman–Crippen LogP) is 0.559. The molecule has 0 radical (unpaired) electrons. The van der Waals surface area contributed by atoms with Crippen LogP contribution in [0.1, 0.15) is 6.42 Å². The number of morpholine rings is 1. The molecule has 0 saturated carbocycles. The number of carboxylic acids is 1. The maximum absolute atomic E-state index is 12.7. The van der Waals surface area contributed by atoms with Crippen molar-refractivity contribution < 1.29 is 27.8 Å². The van der Waals surface area contributed by atoms with E-state index in [1.807, 2.05) is 0 Å². The van der Waals surface area contributed by atoms with Crippen molar-refractivity contribution in [3.8, 4) is 5.75 Å².